The quantitative estimate of drug-likeness (QED) is 0.773. The summed E-state index contributed by atoms with van der Waals surface area (Å²) in [7, 11) is 3.77. The van der Waals surface area contributed by atoms with Crippen molar-refractivity contribution in [3.05, 3.63) is 23.9 Å². The Balaban J connectivity index is 1.89. The summed E-state index contributed by atoms with van der Waals surface area (Å²) in [5.74, 6) is 0.707. The Kier molecular flexibility index (Phi) is 6.96. The molecule has 0 saturated carbocycles. The summed E-state index contributed by atoms with van der Waals surface area (Å²) >= 11 is 0. The third-order valence-electron chi connectivity index (χ3n) is 4.08. The molecule has 2 rings (SSSR count). The number of nitrogens with zero attached hydrogens (tertiary/aromatic N) is 4. The number of amides is 1. The van der Waals surface area contributed by atoms with Crippen LogP contribution in [-0.2, 0) is 4.74 Å². The Labute approximate surface area is 143 Å². The van der Waals surface area contributed by atoms with Gasteiger partial charge < -0.3 is 19.6 Å². The minimum atomic E-state index is -0.481. The van der Waals surface area contributed by atoms with Crippen molar-refractivity contribution in [3.63, 3.8) is 0 Å². The molecule has 1 atom stereocenters. The Morgan fingerprint density at radius 2 is 2.08 bits per heavy atom. The molecule has 1 fully saturated rings. The Morgan fingerprint density at radius 3 is 2.71 bits per heavy atom. The lowest BCUT2D eigenvalue weighted by Gasteiger charge is -2.36. The van der Waals surface area contributed by atoms with Crippen LogP contribution < -0.4 is 4.90 Å². The highest BCUT2D eigenvalue weighted by Gasteiger charge is 2.25. The molecule has 1 saturated heterocycles. The van der Waals surface area contributed by atoms with Gasteiger partial charge in [0, 0.05) is 59.6 Å². The molecule has 24 heavy (non-hydrogen) atoms. The third kappa shape index (κ3) is 4.90. The van der Waals surface area contributed by atoms with Crippen molar-refractivity contribution in [2.75, 3.05) is 64.9 Å². The van der Waals surface area contributed by atoms with Crippen LogP contribution in [0.1, 0.15) is 17.3 Å². The van der Waals surface area contributed by atoms with Crippen molar-refractivity contribution < 1.29 is 14.6 Å². The predicted molar refractivity (Wildman–Crippen MR) is 93.4 cm³/mol. The first kappa shape index (κ1) is 18.6. The van der Waals surface area contributed by atoms with Crippen molar-refractivity contribution in [1.29, 1.82) is 0 Å². The largest absolute Gasteiger partial charge is 0.389 e. The molecule has 1 aromatic rings. The first-order valence-electron chi connectivity index (χ1n) is 8.42. The monoisotopic (exact) mass is 336 g/mol. The first-order chi connectivity index (χ1) is 11.5. The van der Waals surface area contributed by atoms with Crippen molar-refractivity contribution in [2.45, 2.75) is 13.0 Å². The summed E-state index contributed by atoms with van der Waals surface area (Å²) in [5.41, 5.74) is 0.632. The maximum absolute atomic E-state index is 12.8. The minimum Gasteiger partial charge on any atom is -0.389 e. The fourth-order valence-corrected chi connectivity index (χ4v) is 2.83. The smallest absolute Gasteiger partial charge is 0.257 e. The number of carbonyl (C=O) groups excluding carboxylic acids is 1. The Morgan fingerprint density at radius 1 is 1.38 bits per heavy atom. The highest BCUT2D eigenvalue weighted by atomic mass is 16.5. The number of hydrogen-bond acceptors (Lipinski definition) is 6. The van der Waals surface area contributed by atoms with E-state index in [1.807, 2.05) is 36.9 Å². The summed E-state index contributed by atoms with van der Waals surface area (Å²) in [6, 6.07) is 3.61. The fraction of sp³-hybridized carbons (Fsp3) is 0.647. The van der Waals surface area contributed by atoms with E-state index in [1.54, 1.807) is 12.3 Å². The lowest BCUT2D eigenvalue weighted by Crippen LogP contribution is -2.51. The van der Waals surface area contributed by atoms with E-state index in [1.165, 1.54) is 0 Å². The maximum atomic E-state index is 12.8. The van der Waals surface area contributed by atoms with Crippen LogP contribution in [0.3, 0.4) is 0 Å². The number of aliphatic hydroxyl groups is 1. The second-order valence-corrected chi connectivity index (χ2v) is 6.18. The molecule has 1 aromatic heterocycles. The molecule has 0 aromatic carbocycles. The van der Waals surface area contributed by atoms with Gasteiger partial charge in [0.25, 0.3) is 5.91 Å². The molecule has 0 radical (unpaired) electrons. The maximum Gasteiger partial charge on any atom is 0.257 e. The molecule has 1 amide bonds. The number of β-amino-alcohol motifs (C(OH)–C–C–N with tert-alkyl or cyclic N) is 1. The van der Waals surface area contributed by atoms with Gasteiger partial charge >= 0.3 is 0 Å². The molecular weight excluding hydrogens is 308 g/mol. The van der Waals surface area contributed by atoms with Crippen LogP contribution in [0.4, 0.5) is 5.82 Å². The lowest BCUT2D eigenvalue weighted by atomic mass is 10.2. The molecular formula is C17H28N4O3. The Bertz CT molecular complexity index is 530. The summed E-state index contributed by atoms with van der Waals surface area (Å²) in [4.78, 5) is 22.9. The average molecular weight is 336 g/mol. The van der Waals surface area contributed by atoms with Gasteiger partial charge in [-0.3, -0.25) is 9.69 Å². The zero-order chi connectivity index (χ0) is 17.5. The average Bonchev–Trinajstić information content (AvgIpc) is 2.60. The standard InChI is InChI=1S/C17H28N4O3/c1-4-24-13-14(22)12-20-8-10-21(11-9-20)17(23)15-6-5-7-18-16(15)19(2)3/h5-7,14,22H,4,8-13H2,1-3H3/t14-/m0/s1. The minimum absolute atomic E-state index is 0.0151. The van der Waals surface area contributed by atoms with Crippen LogP contribution >= 0.6 is 0 Å². The lowest BCUT2D eigenvalue weighted by molar-refractivity contribution is 0.0111. The van der Waals surface area contributed by atoms with Crippen molar-refractivity contribution in [1.82, 2.24) is 14.8 Å². The number of aromatic nitrogens is 1. The molecule has 0 unspecified atom stereocenters. The van der Waals surface area contributed by atoms with Crippen molar-refractivity contribution >= 4 is 11.7 Å². The molecule has 1 aliphatic rings. The number of carbonyl (C=O) groups is 1. The molecule has 134 valence electrons. The number of aliphatic hydroxyl groups excluding tert-OH is 1. The van der Waals surface area contributed by atoms with Gasteiger partial charge in [0.2, 0.25) is 0 Å². The van der Waals surface area contributed by atoms with Gasteiger partial charge in [0.15, 0.2) is 0 Å². The van der Waals surface area contributed by atoms with Crippen LogP contribution in [0.15, 0.2) is 18.3 Å². The fourth-order valence-electron chi connectivity index (χ4n) is 2.83. The zero-order valence-corrected chi connectivity index (χ0v) is 14.8. The molecule has 0 bridgehead atoms. The molecule has 1 N–H and O–H groups in total. The van der Waals surface area contributed by atoms with Crippen LogP contribution in [0, 0.1) is 0 Å². The first-order valence-corrected chi connectivity index (χ1v) is 8.42. The van der Waals surface area contributed by atoms with Crippen LogP contribution in [-0.4, -0.2) is 91.9 Å². The molecule has 2 heterocycles. The molecule has 7 nitrogen and oxygen atoms in total. The molecule has 0 spiro atoms. The molecule has 1 aliphatic heterocycles. The van der Waals surface area contributed by atoms with Gasteiger partial charge in [-0.05, 0) is 19.1 Å². The van der Waals surface area contributed by atoms with Crippen LogP contribution in [0.2, 0.25) is 0 Å². The van der Waals surface area contributed by atoms with E-state index in [4.69, 9.17) is 4.74 Å². The number of pyridine rings is 1. The van der Waals surface area contributed by atoms with E-state index >= 15 is 0 Å². The van der Waals surface area contributed by atoms with Crippen LogP contribution in [0.25, 0.3) is 0 Å². The number of rotatable bonds is 7. The van der Waals surface area contributed by atoms with E-state index in [2.05, 4.69) is 9.88 Å². The topological polar surface area (TPSA) is 69.1 Å². The highest BCUT2D eigenvalue weighted by molar-refractivity contribution is 5.98. The second-order valence-electron chi connectivity index (χ2n) is 6.18. The normalized spacial score (nSPS) is 16.9. The summed E-state index contributed by atoms with van der Waals surface area (Å²) in [6.45, 7) is 6.29. The van der Waals surface area contributed by atoms with E-state index in [0.29, 0.717) is 44.2 Å². The van der Waals surface area contributed by atoms with E-state index in [0.717, 1.165) is 13.1 Å². The summed E-state index contributed by atoms with van der Waals surface area (Å²) < 4.78 is 5.24. The summed E-state index contributed by atoms with van der Waals surface area (Å²) in [5, 5.41) is 9.92. The molecule has 0 aliphatic carbocycles. The highest BCUT2D eigenvalue weighted by Crippen LogP contribution is 2.18. The second kappa shape index (κ2) is 8.96. The number of anilines is 1. The molecule has 7 heteroatoms. The number of piperazine rings is 1. The Hall–Kier alpha value is -1.70. The van der Waals surface area contributed by atoms with Crippen molar-refractivity contribution in [2.24, 2.45) is 0 Å². The van der Waals surface area contributed by atoms with Gasteiger partial charge in [-0.1, -0.05) is 0 Å². The van der Waals surface area contributed by atoms with E-state index in [9.17, 15) is 9.90 Å². The van der Waals surface area contributed by atoms with E-state index in [-0.39, 0.29) is 5.91 Å². The van der Waals surface area contributed by atoms with Gasteiger partial charge in [-0.2, -0.15) is 0 Å². The van der Waals surface area contributed by atoms with E-state index < -0.39 is 6.10 Å². The number of ether oxygens (including phenoxy) is 1. The zero-order valence-electron chi connectivity index (χ0n) is 14.8. The van der Waals surface area contributed by atoms with Gasteiger partial charge in [-0.25, -0.2) is 4.98 Å². The summed E-state index contributed by atoms with van der Waals surface area (Å²) in [6.07, 6.45) is 1.22. The van der Waals surface area contributed by atoms with Gasteiger partial charge in [0.1, 0.15) is 5.82 Å². The number of hydrogen-bond donors (Lipinski definition) is 1. The SMILES string of the molecule is CCOC[C@@H](O)CN1CCN(C(=O)c2cccnc2N(C)C)CC1. The van der Waals surface area contributed by atoms with Gasteiger partial charge in [0.05, 0.1) is 18.3 Å². The predicted octanol–water partition coefficient (Wildman–Crippen LogP) is 0.303. The third-order valence-corrected chi connectivity index (χ3v) is 4.08. The van der Waals surface area contributed by atoms with Crippen LogP contribution in [0.5, 0.6) is 0 Å². The van der Waals surface area contributed by atoms with Crippen molar-refractivity contribution in [3.8, 4) is 0 Å². The van der Waals surface area contributed by atoms with Gasteiger partial charge in [-0.15, -0.1) is 0 Å².